The minimum Gasteiger partial charge on any atom is -0.493 e. The molecule has 1 aromatic rings. The third-order valence-corrected chi connectivity index (χ3v) is 2.48. The highest BCUT2D eigenvalue weighted by molar-refractivity contribution is 5.42. The smallest absolute Gasteiger partial charge is 0.161 e. The quantitative estimate of drug-likeness (QED) is 0.722. The molecule has 0 saturated carbocycles. The number of ether oxygens (including phenoxy) is 2. The number of rotatable bonds is 7. The van der Waals surface area contributed by atoms with Gasteiger partial charge in [-0.15, -0.1) is 0 Å². The van der Waals surface area contributed by atoms with Gasteiger partial charge in [-0.25, -0.2) is 0 Å². The monoisotopic (exact) mass is 240 g/mol. The van der Waals surface area contributed by atoms with Crippen LogP contribution in [0.4, 0.5) is 0 Å². The Bertz CT molecular complexity index is 341. The molecular weight excluding hydrogens is 218 g/mol. The SMILES string of the molecule is CC[NH2+]CC(O)COc1ccc(C)cc1OC. The topological polar surface area (TPSA) is 55.3 Å². The molecule has 4 nitrogen and oxygen atoms in total. The average molecular weight is 240 g/mol. The molecule has 4 heteroatoms. The van der Waals surface area contributed by atoms with Crippen molar-refractivity contribution < 1.29 is 19.9 Å². The number of nitrogens with two attached hydrogens (primary N) is 1. The van der Waals surface area contributed by atoms with E-state index in [9.17, 15) is 5.11 Å². The second kappa shape index (κ2) is 7.14. The zero-order chi connectivity index (χ0) is 12.7. The van der Waals surface area contributed by atoms with Crippen molar-refractivity contribution in [2.75, 3.05) is 26.8 Å². The number of aryl methyl sites for hydroxylation is 1. The second-order valence-corrected chi connectivity index (χ2v) is 4.05. The van der Waals surface area contributed by atoms with E-state index in [0.717, 1.165) is 12.1 Å². The number of aliphatic hydroxyl groups is 1. The first kappa shape index (κ1) is 13.8. The molecule has 1 rings (SSSR count). The largest absolute Gasteiger partial charge is 0.493 e. The number of quaternary nitrogens is 1. The summed E-state index contributed by atoms with van der Waals surface area (Å²) in [6.45, 7) is 5.96. The Morgan fingerprint density at radius 2 is 2.12 bits per heavy atom. The van der Waals surface area contributed by atoms with E-state index in [-0.39, 0.29) is 6.61 Å². The Hall–Kier alpha value is -1.26. The number of benzene rings is 1. The van der Waals surface area contributed by atoms with Gasteiger partial charge >= 0.3 is 0 Å². The summed E-state index contributed by atoms with van der Waals surface area (Å²) in [7, 11) is 1.61. The van der Waals surface area contributed by atoms with Crippen molar-refractivity contribution in [2.24, 2.45) is 0 Å². The van der Waals surface area contributed by atoms with Gasteiger partial charge < -0.3 is 19.9 Å². The Morgan fingerprint density at radius 1 is 1.35 bits per heavy atom. The van der Waals surface area contributed by atoms with Crippen molar-refractivity contribution in [1.29, 1.82) is 0 Å². The van der Waals surface area contributed by atoms with Gasteiger partial charge in [-0.3, -0.25) is 0 Å². The fourth-order valence-electron chi connectivity index (χ4n) is 1.51. The van der Waals surface area contributed by atoms with Crippen LogP contribution in [0.25, 0.3) is 0 Å². The summed E-state index contributed by atoms with van der Waals surface area (Å²) in [5.41, 5.74) is 1.12. The summed E-state index contributed by atoms with van der Waals surface area (Å²) in [5, 5.41) is 11.7. The molecule has 0 heterocycles. The molecule has 1 unspecified atom stereocenters. The van der Waals surface area contributed by atoms with Crippen LogP contribution < -0.4 is 14.8 Å². The predicted octanol–water partition coefficient (Wildman–Crippen LogP) is 0.327. The Balaban J connectivity index is 2.50. The molecule has 0 spiro atoms. The van der Waals surface area contributed by atoms with Gasteiger partial charge in [0.15, 0.2) is 11.5 Å². The van der Waals surface area contributed by atoms with Crippen molar-refractivity contribution in [3.05, 3.63) is 23.8 Å². The number of methoxy groups -OCH3 is 1. The molecular formula is C13H22NO3+. The lowest BCUT2D eigenvalue weighted by Crippen LogP contribution is -2.86. The van der Waals surface area contributed by atoms with Crippen molar-refractivity contribution >= 4 is 0 Å². The van der Waals surface area contributed by atoms with Gasteiger partial charge in [-0.2, -0.15) is 0 Å². The zero-order valence-electron chi connectivity index (χ0n) is 10.8. The van der Waals surface area contributed by atoms with E-state index < -0.39 is 6.10 Å². The van der Waals surface area contributed by atoms with Crippen molar-refractivity contribution in [1.82, 2.24) is 0 Å². The maximum atomic E-state index is 9.66. The number of aliphatic hydroxyl groups excluding tert-OH is 1. The Kier molecular flexibility index (Phi) is 5.80. The van der Waals surface area contributed by atoms with Crippen LogP contribution in [0, 0.1) is 6.92 Å². The van der Waals surface area contributed by atoms with E-state index in [4.69, 9.17) is 9.47 Å². The molecule has 1 atom stereocenters. The summed E-state index contributed by atoms with van der Waals surface area (Å²) in [6, 6.07) is 5.74. The molecule has 0 aliphatic rings. The molecule has 0 aliphatic heterocycles. The molecule has 1 aromatic carbocycles. The van der Waals surface area contributed by atoms with Crippen molar-refractivity contribution in [2.45, 2.75) is 20.0 Å². The lowest BCUT2D eigenvalue weighted by molar-refractivity contribution is -0.658. The van der Waals surface area contributed by atoms with Gasteiger partial charge in [0.05, 0.1) is 13.7 Å². The fourth-order valence-corrected chi connectivity index (χ4v) is 1.51. The number of hydrogen-bond donors (Lipinski definition) is 2. The first-order chi connectivity index (χ1) is 8.17. The van der Waals surface area contributed by atoms with Crippen LogP contribution in [-0.4, -0.2) is 38.0 Å². The molecule has 0 aromatic heterocycles. The van der Waals surface area contributed by atoms with Gasteiger partial charge in [-0.1, -0.05) is 6.07 Å². The maximum Gasteiger partial charge on any atom is 0.161 e. The third-order valence-electron chi connectivity index (χ3n) is 2.48. The third kappa shape index (κ3) is 4.63. The lowest BCUT2D eigenvalue weighted by Gasteiger charge is -2.13. The van der Waals surface area contributed by atoms with Gasteiger partial charge in [0.25, 0.3) is 0 Å². The van der Waals surface area contributed by atoms with Crippen LogP contribution >= 0.6 is 0 Å². The zero-order valence-corrected chi connectivity index (χ0v) is 10.8. The summed E-state index contributed by atoms with van der Waals surface area (Å²) >= 11 is 0. The Morgan fingerprint density at radius 3 is 2.76 bits per heavy atom. The van der Waals surface area contributed by atoms with Crippen LogP contribution in [-0.2, 0) is 0 Å². The molecule has 0 aliphatic carbocycles. The Labute approximate surface area is 103 Å². The van der Waals surface area contributed by atoms with E-state index in [1.807, 2.05) is 30.4 Å². The summed E-state index contributed by atoms with van der Waals surface area (Å²) in [5.74, 6) is 1.38. The molecule has 0 amide bonds. The van der Waals surface area contributed by atoms with Crippen LogP contribution in [0.3, 0.4) is 0 Å². The van der Waals surface area contributed by atoms with E-state index in [1.165, 1.54) is 0 Å². The van der Waals surface area contributed by atoms with Crippen LogP contribution in [0.1, 0.15) is 12.5 Å². The van der Waals surface area contributed by atoms with E-state index in [2.05, 4.69) is 6.92 Å². The van der Waals surface area contributed by atoms with Crippen molar-refractivity contribution in [3.8, 4) is 11.5 Å². The van der Waals surface area contributed by atoms with Gasteiger partial charge in [0.2, 0.25) is 0 Å². The van der Waals surface area contributed by atoms with Crippen LogP contribution in [0.5, 0.6) is 11.5 Å². The van der Waals surface area contributed by atoms with E-state index in [0.29, 0.717) is 18.0 Å². The van der Waals surface area contributed by atoms with E-state index >= 15 is 0 Å². The van der Waals surface area contributed by atoms with E-state index in [1.54, 1.807) is 7.11 Å². The number of likely N-dealkylation sites (N-methyl/N-ethyl adjacent to an activating group) is 1. The van der Waals surface area contributed by atoms with Gasteiger partial charge in [0.1, 0.15) is 19.3 Å². The molecule has 0 saturated heterocycles. The first-order valence-electron chi connectivity index (χ1n) is 5.94. The first-order valence-corrected chi connectivity index (χ1v) is 5.94. The standard InChI is InChI=1S/C13H21NO3/c1-4-14-8-11(15)9-17-12-6-5-10(2)7-13(12)16-3/h5-7,11,14-15H,4,8-9H2,1-3H3/p+1. The fraction of sp³-hybridized carbons (Fsp3) is 0.538. The minimum atomic E-state index is -0.457. The molecule has 96 valence electrons. The lowest BCUT2D eigenvalue weighted by atomic mass is 10.2. The molecule has 0 radical (unpaired) electrons. The second-order valence-electron chi connectivity index (χ2n) is 4.05. The molecule has 0 bridgehead atoms. The maximum absolute atomic E-state index is 9.66. The summed E-state index contributed by atoms with van der Waals surface area (Å²) < 4.78 is 10.8. The van der Waals surface area contributed by atoms with Gasteiger partial charge in [0, 0.05) is 0 Å². The molecule has 0 fully saturated rings. The van der Waals surface area contributed by atoms with Gasteiger partial charge in [-0.05, 0) is 31.5 Å². The number of hydrogen-bond acceptors (Lipinski definition) is 3. The van der Waals surface area contributed by atoms with Crippen molar-refractivity contribution in [3.63, 3.8) is 0 Å². The minimum absolute atomic E-state index is 0.288. The highest BCUT2D eigenvalue weighted by Gasteiger charge is 2.09. The van der Waals surface area contributed by atoms with Crippen LogP contribution in [0.2, 0.25) is 0 Å². The van der Waals surface area contributed by atoms with Crippen LogP contribution in [0.15, 0.2) is 18.2 Å². The highest BCUT2D eigenvalue weighted by Crippen LogP contribution is 2.27. The molecule has 17 heavy (non-hydrogen) atoms. The summed E-state index contributed by atoms with van der Waals surface area (Å²) in [4.78, 5) is 0. The normalized spacial score (nSPS) is 12.2. The average Bonchev–Trinajstić information content (AvgIpc) is 2.34. The summed E-state index contributed by atoms with van der Waals surface area (Å²) in [6.07, 6.45) is -0.457. The predicted molar refractivity (Wildman–Crippen MR) is 66.6 cm³/mol. The molecule has 3 N–H and O–H groups in total. The highest BCUT2D eigenvalue weighted by atomic mass is 16.5.